The van der Waals surface area contributed by atoms with Crippen molar-refractivity contribution in [1.82, 2.24) is 0 Å². The number of hydrogen-bond acceptors (Lipinski definition) is 5. The lowest BCUT2D eigenvalue weighted by atomic mass is 9.94. The Balaban J connectivity index is 2.14. The first-order chi connectivity index (χ1) is 8.65. The van der Waals surface area contributed by atoms with Crippen LogP contribution in [0, 0.1) is 39.4 Å². The second kappa shape index (κ2) is 3.23. The maximum atomic E-state index is 9.63. The molecule has 3 aliphatic rings. The molecule has 3 atom stereocenters. The molecule has 3 N–H and O–H groups in total. The number of amidine groups is 1. The van der Waals surface area contributed by atoms with Gasteiger partial charge in [-0.25, -0.2) is 4.99 Å². The Morgan fingerprint density at radius 1 is 1.39 bits per heavy atom. The fraction of sp³-hybridized carbons (Fsp3) is 0.750. The summed E-state index contributed by atoms with van der Waals surface area (Å²) in [5.41, 5.74) is 3.99. The molecule has 6 nitrogen and oxygen atoms in total. The molecule has 0 aromatic carbocycles. The zero-order valence-electron chi connectivity index (χ0n) is 10.2. The van der Waals surface area contributed by atoms with E-state index in [4.69, 9.17) is 15.2 Å². The van der Waals surface area contributed by atoms with E-state index in [1.54, 1.807) is 0 Å². The van der Waals surface area contributed by atoms with Crippen LogP contribution in [-0.2, 0) is 9.47 Å². The van der Waals surface area contributed by atoms with Gasteiger partial charge in [-0.3, -0.25) is 5.73 Å². The van der Waals surface area contributed by atoms with Crippen molar-refractivity contribution in [1.29, 1.82) is 10.5 Å². The number of nitrogens with one attached hydrogen (secondary N) is 1. The van der Waals surface area contributed by atoms with Crippen molar-refractivity contribution in [3.8, 4) is 12.1 Å². The van der Waals surface area contributed by atoms with E-state index in [9.17, 15) is 10.5 Å². The van der Waals surface area contributed by atoms with Crippen LogP contribution >= 0.6 is 0 Å². The van der Waals surface area contributed by atoms with Crippen LogP contribution in [0.4, 0.5) is 0 Å². The van der Waals surface area contributed by atoms with Gasteiger partial charge in [-0.05, 0) is 6.42 Å². The molecule has 2 heterocycles. The lowest BCUT2D eigenvalue weighted by Gasteiger charge is -2.23. The highest BCUT2D eigenvalue weighted by Gasteiger charge is 2.96. The number of rotatable bonds is 2. The molecule has 18 heavy (non-hydrogen) atoms. The van der Waals surface area contributed by atoms with Gasteiger partial charge in [0.25, 0.3) is 5.84 Å². The molecule has 0 aromatic rings. The fourth-order valence-electron chi connectivity index (χ4n) is 3.72. The Kier molecular flexibility index (Phi) is 2.05. The standard InChI is InChI=1S/C12H14N4O2/c1-2-3-8-10(6-13)9(15)16-12(11(8,10)7-14)17-4-5-18-12/h8H,2-5H2,1H3,(H2,15,16)/p+1/t8-,10-,11-/m1/s1. The fourth-order valence-corrected chi connectivity index (χ4v) is 3.72. The average Bonchev–Trinajstić information content (AvgIpc) is 2.65. The van der Waals surface area contributed by atoms with Crippen LogP contribution < -0.4 is 10.7 Å². The number of fused-ring (bicyclic) bond motifs is 2. The van der Waals surface area contributed by atoms with Crippen LogP contribution in [0.2, 0.25) is 0 Å². The molecule has 2 aliphatic heterocycles. The van der Waals surface area contributed by atoms with E-state index in [0.29, 0.717) is 19.0 Å². The molecule has 1 saturated carbocycles. The number of hydrogen-bond donors (Lipinski definition) is 2. The summed E-state index contributed by atoms with van der Waals surface area (Å²) in [6, 6.07) is 4.50. The van der Waals surface area contributed by atoms with Gasteiger partial charge in [0.1, 0.15) is 0 Å². The molecule has 3 rings (SSSR count). The number of ether oxygens (including phenoxy) is 2. The van der Waals surface area contributed by atoms with Crippen LogP contribution in [0.15, 0.2) is 0 Å². The monoisotopic (exact) mass is 247 g/mol. The van der Waals surface area contributed by atoms with Gasteiger partial charge >= 0.3 is 5.91 Å². The molecule has 0 aromatic heterocycles. The topological polar surface area (TPSA) is 106 Å². The van der Waals surface area contributed by atoms with Crippen molar-refractivity contribution in [3.05, 3.63) is 0 Å². The zero-order valence-corrected chi connectivity index (χ0v) is 10.2. The first-order valence-corrected chi connectivity index (χ1v) is 6.16. The van der Waals surface area contributed by atoms with Crippen LogP contribution in [0.25, 0.3) is 0 Å². The maximum Gasteiger partial charge on any atom is 0.343 e. The van der Waals surface area contributed by atoms with E-state index < -0.39 is 16.7 Å². The summed E-state index contributed by atoms with van der Waals surface area (Å²) >= 11 is 0. The Bertz CT molecular complexity index is 511. The predicted molar refractivity (Wildman–Crippen MR) is 59.3 cm³/mol. The largest absolute Gasteiger partial charge is 0.343 e. The maximum absolute atomic E-state index is 9.63. The van der Waals surface area contributed by atoms with Gasteiger partial charge in [-0.15, -0.1) is 0 Å². The molecule has 1 saturated heterocycles. The third kappa shape index (κ3) is 0.838. The Morgan fingerprint density at radius 3 is 2.56 bits per heavy atom. The Hall–Kier alpha value is -1.63. The third-order valence-electron chi connectivity index (χ3n) is 4.45. The summed E-state index contributed by atoms with van der Waals surface area (Å²) < 4.78 is 11.2. The molecular weight excluding hydrogens is 232 g/mol. The van der Waals surface area contributed by atoms with Crippen LogP contribution in [0.3, 0.4) is 0 Å². The first-order valence-electron chi connectivity index (χ1n) is 6.16. The third-order valence-corrected chi connectivity index (χ3v) is 4.45. The van der Waals surface area contributed by atoms with E-state index in [2.05, 4.69) is 17.1 Å². The van der Waals surface area contributed by atoms with Crippen LogP contribution in [-0.4, -0.2) is 25.0 Å². The summed E-state index contributed by atoms with van der Waals surface area (Å²) in [5.74, 6) is -1.03. The van der Waals surface area contributed by atoms with E-state index in [1.807, 2.05) is 6.92 Å². The minimum absolute atomic E-state index is 0.121. The van der Waals surface area contributed by atoms with Crippen molar-refractivity contribution >= 4 is 5.84 Å². The smallest absolute Gasteiger partial charge is 0.311 e. The minimum Gasteiger partial charge on any atom is -0.311 e. The molecule has 0 bridgehead atoms. The highest BCUT2D eigenvalue weighted by Crippen LogP contribution is 2.75. The Morgan fingerprint density at radius 2 is 2.06 bits per heavy atom. The molecule has 0 amide bonds. The van der Waals surface area contributed by atoms with Gasteiger partial charge in [0.2, 0.25) is 0 Å². The number of nitrogens with zero attached hydrogens (tertiary/aromatic N) is 2. The second-order valence-corrected chi connectivity index (χ2v) is 5.03. The molecule has 0 radical (unpaired) electrons. The SMILES string of the molecule is CCC[C@@H]1[C@]2(C#N)C(N)=[NH+]C3(OCCO3)[C@]12C#N. The molecule has 0 unspecified atom stereocenters. The number of nitriles is 2. The summed E-state index contributed by atoms with van der Waals surface area (Å²) in [6.07, 6.45) is 1.65. The Labute approximate surface area is 105 Å². The van der Waals surface area contributed by atoms with E-state index in [1.165, 1.54) is 0 Å². The molecule has 2 fully saturated rings. The minimum atomic E-state index is -1.22. The second-order valence-electron chi connectivity index (χ2n) is 5.03. The molecule has 1 aliphatic carbocycles. The average molecular weight is 247 g/mol. The summed E-state index contributed by atoms with van der Waals surface area (Å²) in [4.78, 5) is 2.91. The highest BCUT2D eigenvalue weighted by molar-refractivity contribution is 5.93. The predicted octanol–water partition coefficient (Wildman–Crippen LogP) is -1.41. The van der Waals surface area contributed by atoms with Crippen LogP contribution in [0.5, 0.6) is 0 Å². The quantitative estimate of drug-likeness (QED) is 0.623. The van der Waals surface area contributed by atoms with E-state index in [-0.39, 0.29) is 5.92 Å². The van der Waals surface area contributed by atoms with E-state index in [0.717, 1.165) is 12.8 Å². The summed E-state index contributed by atoms with van der Waals surface area (Å²) in [6.45, 7) is 2.84. The zero-order chi connectivity index (χ0) is 13.0. The van der Waals surface area contributed by atoms with Gasteiger partial charge < -0.3 is 9.47 Å². The van der Waals surface area contributed by atoms with Gasteiger partial charge in [0.05, 0.1) is 25.4 Å². The van der Waals surface area contributed by atoms with Crippen molar-refractivity contribution in [2.45, 2.75) is 25.7 Å². The normalized spacial score (nSPS) is 43.1. The van der Waals surface area contributed by atoms with E-state index >= 15 is 0 Å². The summed E-state index contributed by atoms with van der Waals surface area (Å²) in [5, 5.41) is 19.2. The highest BCUT2D eigenvalue weighted by atomic mass is 16.8. The van der Waals surface area contributed by atoms with Crippen molar-refractivity contribution in [3.63, 3.8) is 0 Å². The number of nitrogens with two attached hydrogens (primary N) is 1. The molecular formula is C12H15N4O2+. The van der Waals surface area contributed by atoms with Crippen LogP contribution in [0.1, 0.15) is 19.8 Å². The van der Waals surface area contributed by atoms with Gasteiger partial charge in [0, 0.05) is 5.92 Å². The molecule has 1 spiro atoms. The van der Waals surface area contributed by atoms with Gasteiger partial charge in [-0.1, -0.05) is 13.3 Å². The molecule has 94 valence electrons. The lowest BCUT2D eigenvalue weighted by Crippen LogP contribution is -2.90. The summed E-state index contributed by atoms with van der Waals surface area (Å²) in [7, 11) is 0. The van der Waals surface area contributed by atoms with Crippen molar-refractivity contribution < 1.29 is 14.5 Å². The van der Waals surface area contributed by atoms with Gasteiger partial charge in [0.15, 0.2) is 10.8 Å². The van der Waals surface area contributed by atoms with Crippen molar-refractivity contribution in [2.24, 2.45) is 22.5 Å². The van der Waals surface area contributed by atoms with Crippen molar-refractivity contribution in [2.75, 3.05) is 13.2 Å². The van der Waals surface area contributed by atoms with Gasteiger partial charge in [-0.2, -0.15) is 10.5 Å². The first kappa shape index (κ1) is 11.5. The molecule has 6 heteroatoms. The lowest BCUT2D eigenvalue weighted by molar-refractivity contribution is -0.677.